The summed E-state index contributed by atoms with van der Waals surface area (Å²) in [4.78, 5) is 1.38. The maximum Gasteiger partial charge on any atom is 0.0774 e. The first-order chi connectivity index (χ1) is 8.11. The molecule has 3 atom stereocenters. The Morgan fingerprint density at radius 1 is 1.59 bits per heavy atom. The highest BCUT2D eigenvalue weighted by Gasteiger charge is 2.31. The first kappa shape index (κ1) is 13.5. The molecule has 96 valence electrons. The molecule has 0 saturated carbocycles. The second kappa shape index (κ2) is 5.83. The monoisotopic (exact) mass is 317 g/mol. The lowest BCUT2D eigenvalue weighted by molar-refractivity contribution is 0.0319. The fraction of sp³-hybridized carbons (Fsp3) is 0.692. The summed E-state index contributed by atoms with van der Waals surface area (Å²) in [5, 5.41) is 3.58. The summed E-state index contributed by atoms with van der Waals surface area (Å²) >= 11 is 5.38. The van der Waals surface area contributed by atoms with Gasteiger partial charge < -0.3 is 10.1 Å². The summed E-state index contributed by atoms with van der Waals surface area (Å²) < 4.78 is 7.23. The van der Waals surface area contributed by atoms with Crippen LogP contribution in [0.2, 0.25) is 0 Å². The van der Waals surface area contributed by atoms with E-state index >= 15 is 0 Å². The fourth-order valence-corrected chi connectivity index (χ4v) is 4.26. The van der Waals surface area contributed by atoms with Gasteiger partial charge in [-0.3, -0.25) is 0 Å². The molecule has 1 fully saturated rings. The van der Waals surface area contributed by atoms with Crippen molar-refractivity contribution in [3.63, 3.8) is 0 Å². The predicted molar refractivity (Wildman–Crippen MR) is 76.7 cm³/mol. The van der Waals surface area contributed by atoms with Crippen LogP contribution < -0.4 is 5.32 Å². The smallest absolute Gasteiger partial charge is 0.0774 e. The lowest BCUT2D eigenvalue weighted by Crippen LogP contribution is -2.32. The average Bonchev–Trinajstić information content (AvgIpc) is 2.82. The molecule has 0 aliphatic carbocycles. The zero-order chi connectivity index (χ0) is 12.4. The van der Waals surface area contributed by atoms with Crippen molar-refractivity contribution in [1.29, 1.82) is 0 Å². The van der Waals surface area contributed by atoms with Crippen LogP contribution >= 0.6 is 27.3 Å². The number of likely N-dealkylation sites (N-methyl/N-ethyl adjacent to an activating group) is 1. The van der Waals surface area contributed by atoms with Crippen LogP contribution in [0.25, 0.3) is 0 Å². The van der Waals surface area contributed by atoms with Crippen LogP contribution in [0.1, 0.15) is 43.2 Å². The number of halogens is 1. The molecule has 0 bridgehead atoms. The number of hydrogen-bond acceptors (Lipinski definition) is 3. The van der Waals surface area contributed by atoms with E-state index in [9.17, 15) is 0 Å². The number of aryl methyl sites for hydroxylation is 1. The number of ether oxygens (including phenoxy) is 1. The van der Waals surface area contributed by atoms with Gasteiger partial charge in [-0.15, -0.1) is 11.3 Å². The summed E-state index contributed by atoms with van der Waals surface area (Å²) in [7, 11) is 0. The first-order valence-corrected chi connectivity index (χ1v) is 7.87. The van der Waals surface area contributed by atoms with Crippen molar-refractivity contribution in [1.82, 2.24) is 5.32 Å². The van der Waals surface area contributed by atoms with Crippen LogP contribution in [0, 0.1) is 6.92 Å². The molecular weight excluding hydrogens is 298 g/mol. The van der Waals surface area contributed by atoms with Crippen molar-refractivity contribution in [2.75, 3.05) is 6.54 Å². The van der Waals surface area contributed by atoms with E-state index in [0.29, 0.717) is 18.2 Å². The minimum atomic E-state index is 0.324. The van der Waals surface area contributed by atoms with Crippen LogP contribution in [0.5, 0.6) is 0 Å². The second-order valence-corrected chi connectivity index (χ2v) is 7.30. The van der Waals surface area contributed by atoms with Gasteiger partial charge in [-0.1, -0.05) is 6.92 Å². The Labute approximate surface area is 116 Å². The van der Waals surface area contributed by atoms with E-state index < -0.39 is 0 Å². The molecule has 0 spiro atoms. The maximum atomic E-state index is 6.02. The van der Waals surface area contributed by atoms with E-state index in [-0.39, 0.29) is 0 Å². The van der Waals surface area contributed by atoms with E-state index in [4.69, 9.17) is 4.74 Å². The Morgan fingerprint density at radius 3 is 2.82 bits per heavy atom. The van der Waals surface area contributed by atoms with Crippen molar-refractivity contribution in [3.8, 4) is 0 Å². The maximum absolute atomic E-state index is 6.02. The van der Waals surface area contributed by atoms with Gasteiger partial charge in [0.15, 0.2) is 0 Å². The molecular formula is C13H20BrNOS. The average molecular weight is 318 g/mol. The van der Waals surface area contributed by atoms with Gasteiger partial charge in [-0.25, -0.2) is 0 Å². The van der Waals surface area contributed by atoms with E-state index in [2.05, 4.69) is 48.1 Å². The minimum Gasteiger partial charge on any atom is -0.373 e. The largest absolute Gasteiger partial charge is 0.373 e. The van der Waals surface area contributed by atoms with Gasteiger partial charge in [-0.05, 0) is 60.8 Å². The molecule has 3 unspecified atom stereocenters. The Bertz CT molecular complexity index is 379. The Morgan fingerprint density at radius 2 is 2.35 bits per heavy atom. The fourth-order valence-electron chi connectivity index (χ4n) is 2.51. The number of nitrogens with one attached hydrogen (secondary N) is 1. The quantitative estimate of drug-likeness (QED) is 0.905. The zero-order valence-electron chi connectivity index (χ0n) is 10.6. The standard InChI is InChI=1S/C13H20BrNOS/c1-4-15-13(11-6-5-8(2)16-11)10-7-12(14)17-9(10)3/h7-8,11,13,15H,4-6H2,1-3H3. The molecule has 0 amide bonds. The Balaban J connectivity index is 2.19. The highest BCUT2D eigenvalue weighted by molar-refractivity contribution is 9.11. The van der Waals surface area contributed by atoms with Crippen LogP contribution in [-0.2, 0) is 4.74 Å². The van der Waals surface area contributed by atoms with Gasteiger partial charge in [0.05, 0.1) is 22.0 Å². The SMILES string of the molecule is CCNC(c1cc(Br)sc1C)C1CCC(C)O1. The molecule has 2 rings (SSSR count). The molecule has 1 aliphatic rings. The molecule has 1 aromatic heterocycles. The van der Waals surface area contributed by atoms with E-state index in [1.54, 1.807) is 11.3 Å². The van der Waals surface area contributed by atoms with Crippen LogP contribution in [0.15, 0.2) is 9.85 Å². The van der Waals surface area contributed by atoms with Gasteiger partial charge in [0.25, 0.3) is 0 Å². The highest BCUT2D eigenvalue weighted by Crippen LogP contribution is 2.36. The topological polar surface area (TPSA) is 21.3 Å². The molecule has 2 heterocycles. The van der Waals surface area contributed by atoms with Crippen molar-refractivity contribution < 1.29 is 4.74 Å². The molecule has 4 heteroatoms. The third kappa shape index (κ3) is 3.11. The third-order valence-corrected chi connectivity index (χ3v) is 4.89. The molecule has 1 aliphatic heterocycles. The molecule has 0 aromatic carbocycles. The van der Waals surface area contributed by atoms with E-state index in [1.807, 2.05) is 0 Å². The van der Waals surface area contributed by atoms with Crippen LogP contribution in [-0.4, -0.2) is 18.8 Å². The van der Waals surface area contributed by atoms with Gasteiger partial charge in [-0.2, -0.15) is 0 Å². The Hall–Kier alpha value is 0.1000. The summed E-state index contributed by atoms with van der Waals surface area (Å²) in [5.74, 6) is 0. The number of rotatable bonds is 4. The molecule has 1 aromatic rings. The Kier molecular flexibility index (Phi) is 4.64. The third-order valence-electron chi connectivity index (χ3n) is 3.32. The van der Waals surface area contributed by atoms with Crippen LogP contribution in [0.4, 0.5) is 0 Å². The molecule has 1 saturated heterocycles. The van der Waals surface area contributed by atoms with E-state index in [0.717, 1.165) is 13.0 Å². The highest BCUT2D eigenvalue weighted by atomic mass is 79.9. The van der Waals surface area contributed by atoms with Crippen molar-refractivity contribution in [3.05, 3.63) is 20.3 Å². The van der Waals surface area contributed by atoms with Gasteiger partial charge in [0.2, 0.25) is 0 Å². The van der Waals surface area contributed by atoms with Crippen molar-refractivity contribution >= 4 is 27.3 Å². The van der Waals surface area contributed by atoms with Crippen molar-refractivity contribution in [2.24, 2.45) is 0 Å². The summed E-state index contributed by atoms with van der Waals surface area (Å²) in [6, 6.07) is 2.58. The normalized spacial score (nSPS) is 26.4. The second-order valence-electron chi connectivity index (χ2n) is 4.66. The van der Waals surface area contributed by atoms with E-state index in [1.165, 1.54) is 20.6 Å². The minimum absolute atomic E-state index is 0.324. The molecule has 1 N–H and O–H groups in total. The molecule has 0 radical (unpaired) electrons. The van der Waals surface area contributed by atoms with Gasteiger partial charge in [0, 0.05) is 4.88 Å². The first-order valence-electron chi connectivity index (χ1n) is 6.26. The molecule has 17 heavy (non-hydrogen) atoms. The zero-order valence-corrected chi connectivity index (χ0v) is 13.0. The summed E-state index contributed by atoms with van der Waals surface area (Å²) in [5.41, 5.74) is 1.39. The van der Waals surface area contributed by atoms with Crippen LogP contribution in [0.3, 0.4) is 0 Å². The summed E-state index contributed by atoms with van der Waals surface area (Å²) in [6.07, 6.45) is 3.07. The van der Waals surface area contributed by atoms with Gasteiger partial charge in [0.1, 0.15) is 0 Å². The lowest BCUT2D eigenvalue weighted by atomic mass is 10.00. The predicted octanol–water partition coefficient (Wildman–Crippen LogP) is 4.04. The number of hydrogen-bond donors (Lipinski definition) is 1. The van der Waals surface area contributed by atoms with Gasteiger partial charge >= 0.3 is 0 Å². The lowest BCUT2D eigenvalue weighted by Gasteiger charge is -2.24. The molecule has 2 nitrogen and oxygen atoms in total. The summed E-state index contributed by atoms with van der Waals surface area (Å²) in [6.45, 7) is 7.49. The van der Waals surface area contributed by atoms with Crippen molar-refractivity contribution in [2.45, 2.75) is 51.9 Å². The number of thiophene rings is 1.